The van der Waals surface area contributed by atoms with Gasteiger partial charge in [0.05, 0.1) is 25.8 Å². The highest BCUT2D eigenvalue weighted by Gasteiger charge is 2.17. The van der Waals surface area contributed by atoms with E-state index in [0.717, 1.165) is 10.1 Å². The van der Waals surface area contributed by atoms with Gasteiger partial charge >= 0.3 is 5.69 Å². The highest BCUT2D eigenvalue weighted by Crippen LogP contribution is 2.18. The van der Waals surface area contributed by atoms with Crippen molar-refractivity contribution in [3.05, 3.63) is 86.4 Å². The van der Waals surface area contributed by atoms with Crippen LogP contribution in [-0.2, 0) is 17.9 Å². The second-order valence-electron chi connectivity index (χ2n) is 7.25. The topological polar surface area (TPSA) is 91.6 Å². The largest absolute Gasteiger partial charge is 0.497 e. The van der Waals surface area contributed by atoms with Gasteiger partial charge in [0.2, 0.25) is 5.91 Å². The summed E-state index contributed by atoms with van der Waals surface area (Å²) in [6.07, 6.45) is 0. The highest BCUT2D eigenvalue weighted by molar-refractivity contribution is 7.17. The summed E-state index contributed by atoms with van der Waals surface area (Å²) in [6, 6.07) is 15.9. The van der Waals surface area contributed by atoms with Crippen molar-refractivity contribution in [1.82, 2.24) is 9.13 Å². The lowest BCUT2D eigenvalue weighted by Gasteiger charge is -2.13. The van der Waals surface area contributed by atoms with Gasteiger partial charge in [0.15, 0.2) is 0 Å². The molecule has 33 heavy (non-hydrogen) atoms. The maximum Gasteiger partial charge on any atom is 0.332 e. The Balaban J connectivity index is 1.65. The third kappa shape index (κ3) is 4.83. The minimum absolute atomic E-state index is 0.0927. The van der Waals surface area contributed by atoms with Crippen LogP contribution in [0, 0.1) is 0 Å². The summed E-state index contributed by atoms with van der Waals surface area (Å²) in [6.45, 7) is 2.31. The van der Waals surface area contributed by atoms with Crippen LogP contribution in [0.25, 0.3) is 10.2 Å². The van der Waals surface area contributed by atoms with Gasteiger partial charge in [-0.2, -0.15) is 0 Å². The first-order valence-corrected chi connectivity index (χ1v) is 11.2. The number of anilines is 1. The fourth-order valence-electron chi connectivity index (χ4n) is 3.51. The summed E-state index contributed by atoms with van der Waals surface area (Å²) in [5, 5.41) is 4.51. The average molecular weight is 466 g/mol. The Hall–Kier alpha value is -3.85. The molecule has 0 spiro atoms. The van der Waals surface area contributed by atoms with E-state index in [1.807, 2.05) is 19.1 Å². The molecule has 2 heterocycles. The molecule has 2 aromatic heterocycles. The van der Waals surface area contributed by atoms with Gasteiger partial charge in [0.25, 0.3) is 5.56 Å². The van der Waals surface area contributed by atoms with E-state index in [1.54, 1.807) is 55.0 Å². The van der Waals surface area contributed by atoms with Crippen LogP contribution in [-0.4, -0.2) is 28.8 Å². The number of benzene rings is 2. The van der Waals surface area contributed by atoms with Crippen LogP contribution in [0.2, 0.25) is 0 Å². The van der Waals surface area contributed by atoms with Gasteiger partial charge in [0.1, 0.15) is 22.7 Å². The van der Waals surface area contributed by atoms with Crippen LogP contribution in [0.15, 0.2) is 69.6 Å². The average Bonchev–Trinajstić information content (AvgIpc) is 3.31. The van der Waals surface area contributed by atoms with Crippen molar-refractivity contribution in [2.24, 2.45) is 0 Å². The van der Waals surface area contributed by atoms with Crippen LogP contribution in [0.5, 0.6) is 11.5 Å². The van der Waals surface area contributed by atoms with Crippen LogP contribution in [0.4, 0.5) is 5.69 Å². The zero-order chi connectivity index (χ0) is 23.4. The summed E-state index contributed by atoms with van der Waals surface area (Å²) >= 11 is 1.25. The lowest BCUT2D eigenvalue weighted by Crippen LogP contribution is -2.41. The molecule has 2 aromatic carbocycles. The standard InChI is InChI=1S/C24H23N3O5S/c1-3-32-18-9-7-16(8-10-18)14-27-23(29)22-20(11-12-33-22)26(24(27)30)15-21(28)25-17-5-4-6-19(13-17)31-2/h4-13H,3,14-15H2,1-2H3,(H,25,28). The first kappa shape index (κ1) is 22.3. The van der Waals surface area contributed by atoms with E-state index >= 15 is 0 Å². The molecule has 0 fully saturated rings. The molecule has 0 saturated carbocycles. The van der Waals surface area contributed by atoms with Gasteiger partial charge < -0.3 is 14.8 Å². The lowest BCUT2D eigenvalue weighted by molar-refractivity contribution is -0.116. The molecule has 170 valence electrons. The number of nitrogens with zero attached hydrogens (tertiary/aromatic N) is 2. The van der Waals surface area contributed by atoms with Gasteiger partial charge in [0, 0.05) is 11.8 Å². The van der Waals surface area contributed by atoms with E-state index in [2.05, 4.69) is 5.32 Å². The predicted molar refractivity (Wildman–Crippen MR) is 129 cm³/mol. The molecule has 0 bridgehead atoms. The monoisotopic (exact) mass is 465 g/mol. The van der Waals surface area contributed by atoms with Crippen molar-refractivity contribution in [3.63, 3.8) is 0 Å². The van der Waals surface area contributed by atoms with Gasteiger partial charge in [-0.3, -0.25) is 18.7 Å². The first-order valence-electron chi connectivity index (χ1n) is 10.4. The summed E-state index contributed by atoms with van der Waals surface area (Å²) in [5.41, 5.74) is 0.861. The Bertz CT molecular complexity index is 1400. The predicted octanol–water partition coefficient (Wildman–Crippen LogP) is 3.32. The molecule has 0 unspecified atom stereocenters. The molecule has 4 aromatic rings. The van der Waals surface area contributed by atoms with E-state index in [-0.39, 0.29) is 24.6 Å². The Morgan fingerprint density at radius 3 is 2.55 bits per heavy atom. The zero-order valence-corrected chi connectivity index (χ0v) is 19.1. The van der Waals surface area contributed by atoms with E-state index in [1.165, 1.54) is 15.9 Å². The third-order valence-electron chi connectivity index (χ3n) is 5.07. The van der Waals surface area contributed by atoms with E-state index in [0.29, 0.717) is 34.0 Å². The quantitative estimate of drug-likeness (QED) is 0.431. The Morgan fingerprint density at radius 1 is 1.03 bits per heavy atom. The molecule has 4 rings (SSSR count). The minimum atomic E-state index is -0.541. The minimum Gasteiger partial charge on any atom is -0.497 e. The number of carbonyl (C=O) groups is 1. The van der Waals surface area contributed by atoms with Gasteiger partial charge in [-0.05, 0) is 48.2 Å². The molecule has 0 aliphatic heterocycles. The summed E-state index contributed by atoms with van der Waals surface area (Å²) in [7, 11) is 1.54. The normalized spacial score (nSPS) is 10.8. The summed E-state index contributed by atoms with van der Waals surface area (Å²) in [5.74, 6) is 0.937. The van der Waals surface area contributed by atoms with Gasteiger partial charge in [-0.25, -0.2) is 4.79 Å². The molecule has 1 amide bonds. The second-order valence-corrected chi connectivity index (χ2v) is 8.17. The maximum absolute atomic E-state index is 13.3. The van der Waals surface area contributed by atoms with E-state index < -0.39 is 5.69 Å². The summed E-state index contributed by atoms with van der Waals surface area (Å²) < 4.78 is 13.5. The number of rotatable bonds is 8. The SMILES string of the molecule is CCOc1ccc(Cn2c(=O)c3sccc3n(CC(=O)Nc3cccc(OC)c3)c2=O)cc1. The summed E-state index contributed by atoms with van der Waals surface area (Å²) in [4.78, 5) is 39.0. The fraction of sp³-hybridized carbons (Fsp3) is 0.208. The second kappa shape index (κ2) is 9.74. The van der Waals surface area contributed by atoms with Crippen molar-refractivity contribution >= 4 is 33.1 Å². The zero-order valence-electron chi connectivity index (χ0n) is 18.2. The number of nitrogens with one attached hydrogen (secondary N) is 1. The lowest BCUT2D eigenvalue weighted by atomic mass is 10.2. The van der Waals surface area contributed by atoms with Gasteiger partial charge in [-0.15, -0.1) is 11.3 Å². The van der Waals surface area contributed by atoms with Crippen molar-refractivity contribution < 1.29 is 14.3 Å². The molecule has 0 aliphatic carbocycles. The molecular weight excluding hydrogens is 442 g/mol. The van der Waals surface area contributed by atoms with Crippen LogP contribution in [0.3, 0.4) is 0 Å². The third-order valence-corrected chi connectivity index (χ3v) is 5.96. The number of fused-ring (bicyclic) bond motifs is 1. The number of carbonyl (C=O) groups excluding carboxylic acids is 1. The Morgan fingerprint density at radius 2 is 1.82 bits per heavy atom. The maximum atomic E-state index is 13.3. The number of hydrogen-bond donors (Lipinski definition) is 1. The molecule has 0 saturated heterocycles. The van der Waals surface area contributed by atoms with Crippen LogP contribution < -0.4 is 26.0 Å². The fourth-order valence-corrected chi connectivity index (χ4v) is 4.35. The van der Waals surface area contributed by atoms with Gasteiger partial charge in [-0.1, -0.05) is 18.2 Å². The number of ether oxygens (including phenoxy) is 2. The number of hydrogen-bond acceptors (Lipinski definition) is 6. The molecular formula is C24H23N3O5S. The van der Waals surface area contributed by atoms with E-state index in [9.17, 15) is 14.4 Å². The smallest absolute Gasteiger partial charge is 0.332 e. The van der Waals surface area contributed by atoms with Crippen molar-refractivity contribution in [2.75, 3.05) is 19.0 Å². The van der Waals surface area contributed by atoms with E-state index in [4.69, 9.17) is 9.47 Å². The van der Waals surface area contributed by atoms with Crippen LogP contribution in [0.1, 0.15) is 12.5 Å². The number of aromatic nitrogens is 2. The Kier molecular flexibility index (Phi) is 6.60. The molecule has 8 nitrogen and oxygen atoms in total. The van der Waals surface area contributed by atoms with Crippen molar-refractivity contribution in [1.29, 1.82) is 0 Å². The number of methoxy groups -OCH3 is 1. The van der Waals surface area contributed by atoms with Crippen molar-refractivity contribution in [2.45, 2.75) is 20.0 Å². The molecule has 0 radical (unpaired) electrons. The molecule has 9 heteroatoms. The molecule has 0 aliphatic rings. The number of thiophene rings is 1. The highest BCUT2D eigenvalue weighted by atomic mass is 32.1. The van der Waals surface area contributed by atoms with Crippen LogP contribution >= 0.6 is 11.3 Å². The number of amides is 1. The Labute approximate surface area is 193 Å². The molecule has 1 N–H and O–H groups in total. The first-order chi connectivity index (χ1) is 16.0. The van der Waals surface area contributed by atoms with Crippen molar-refractivity contribution in [3.8, 4) is 11.5 Å². The molecule has 0 atom stereocenters.